The molecule has 1 atom stereocenters. The van der Waals surface area contributed by atoms with Crippen LogP contribution in [0.5, 0.6) is 5.75 Å². The summed E-state index contributed by atoms with van der Waals surface area (Å²) in [6.07, 6.45) is 1.03. The van der Waals surface area contributed by atoms with Crippen molar-refractivity contribution in [2.45, 2.75) is 26.3 Å². The molecule has 1 aromatic carbocycles. The summed E-state index contributed by atoms with van der Waals surface area (Å²) in [5.41, 5.74) is 3.09. The maximum absolute atomic E-state index is 9.67. The van der Waals surface area contributed by atoms with Crippen molar-refractivity contribution in [3.05, 3.63) is 42.1 Å². The highest BCUT2D eigenvalue weighted by Gasteiger charge is 2.24. The van der Waals surface area contributed by atoms with E-state index in [1.54, 1.807) is 0 Å². The largest absolute Gasteiger partial charge is 0.493 e. The van der Waals surface area contributed by atoms with E-state index in [1.807, 2.05) is 43.3 Å². The molecular formula is C20H24N4O. The smallest absolute Gasteiger partial charge is 0.164 e. The number of pyridine rings is 1. The summed E-state index contributed by atoms with van der Waals surface area (Å²) >= 11 is 0. The molecule has 1 aliphatic rings. The van der Waals surface area contributed by atoms with Gasteiger partial charge in [-0.15, -0.1) is 0 Å². The summed E-state index contributed by atoms with van der Waals surface area (Å²) in [5, 5.41) is 13.1. The fourth-order valence-electron chi connectivity index (χ4n) is 3.32. The predicted molar refractivity (Wildman–Crippen MR) is 99.9 cm³/mol. The van der Waals surface area contributed by atoms with Gasteiger partial charge < -0.3 is 15.0 Å². The zero-order valence-corrected chi connectivity index (χ0v) is 14.8. The molecule has 1 N–H and O–H groups in total. The van der Waals surface area contributed by atoms with Gasteiger partial charge in [-0.1, -0.05) is 19.1 Å². The van der Waals surface area contributed by atoms with Gasteiger partial charge in [-0.2, -0.15) is 5.26 Å². The van der Waals surface area contributed by atoms with Crippen LogP contribution >= 0.6 is 0 Å². The minimum absolute atomic E-state index is 0.393. The number of piperazine rings is 1. The second-order valence-electron chi connectivity index (χ2n) is 6.06. The Labute approximate surface area is 149 Å². The third kappa shape index (κ3) is 3.59. The Morgan fingerprint density at radius 3 is 2.88 bits per heavy atom. The van der Waals surface area contributed by atoms with E-state index in [9.17, 15) is 5.26 Å². The summed E-state index contributed by atoms with van der Waals surface area (Å²) in [5.74, 6) is 0.794. The molecule has 1 saturated heterocycles. The van der Waals surface area contributed by atoms with Crippen LogP contribution in [0, 0.1) is 11.3 Å². The number of benzene rings is 1. The molecule has 1 fully saturated rings. The average Bonchev–Trinajstić information content (AvgIpc) is 2.68. The number of nitriles is 1. The Balaban J connectivity index is 1.99. The third-order valence-corrected chi connectivity index (χ3v) is 4.57. The number of rotatable bonds is 5. The molecule has 1 aliphatic heterocycles. The van der Waals surface area contributed by atoms with E-state index < -0.39 is 0 Å². The molecule has 2 aromatic rings. The molecule has 25 heavy (non-hydrogen) atoms. The summed E-state index contributed by atoms with van der Waals surface area (Å²) < 4.78 is 5.70. The number of nitrogens with one attached hydrogen (secondary N) is 1. The molecule has 0 radical (unpaired) electrons. The van der Waals surface area contributed by atoms with Gasteiger partial charge in [0.15, 0.2) is 5.69 Å². The van der Waals surface area contributed by atoms with Crippen LogP contribution in [0.1, 0.15) is 26.0 Å². The first-order chi connectivity index (χ1) is 12.3. The van der Waals surface area contributed by atoms with Gasteiger partial charge in [-0.3, -0.25) is 0 Å². The lowest BCUT2D eigenvalue weighted by Crippen LogP contribution is -2.51. The Morgan fingerprint density at radius 1 is 1.28 bits per heavy atom. The number of anilines is 1. The van der Waals surface area contributed by atoms with E-state index in [-0.39, 0.29) is 0 Å². The van der Waals surface area contributed by atoms with E-state index in [1.165, 1.54) is 0 Å². The quantitative estimate of drug-likeness (QED) is 0.908. The average molecular weight is 336 g/mol. The van der Waals surface area contributed by atoms with Crippen molar-refractivity contribution in [3.8, 4) is 23.1 Å². The summed E-state index contributed by atoms with van der Waals surface area (Å²) in [4.78, 5) is 6.95. The van der Waals surface area contributed by atoms with Crippen LogP contribution in [-0.2, 0) is 0 Å². The van der Waals surface area contributed by atoms with Gasteiger partial charge in [-0.05, 0) is 37.6 Å². The standard InChI is InChI=1S/C20H24N4O/c1-3-15-14-22-11-12-24(15)19-10-9-17(23-18(19)13-21)16-7-5-6-8-20(16)25-4-2/h5-10,15,22H,3-4,11-12,14H2,1-2H3. The Bertz CT molecular complexity index is 769. The fourth-order valence-corrected chi connectivity index (χ4v) is 3.32. The molecule has 1 aromatic heterocycles. The minimum Gasteiger partial charge on any atom is -0.493 e. The van der Waals surface area contributed by atoms with E-state index in [0.717, 1.165) is 48.7 Å². The fraction of sp³-hybridized carbons (Fsp3) is 0.400. The van der Waals surface area contributed by atoms with Gasteiger partial charge in [0.2, 0.25) is 0 Å². The van der Waals surface area contributed by atoms with E-state index in [2.05, 4.69) is 28.2 Å². The number of nitrogens with zero attached hydrogens (tertiary/aromatic N) is 3. The zero-order valence-electron chi connectivity index (χ0n) is 14.8. The van der Waals surface area contributed by atoms with Gasteiger partial charge in [0.25, 0.3) is 0 Å². The normalized spacial score (nSPS) is 17.2. The molecular weight excluding hydrogens is 312 g/mol. The second-order valence-corrected chi connectivity index (χ2v) is 6.06. The second kappa shape index (κ2) is 8.00. The minimum atomic E-state index is 0.393. The summed E-state index contributed by atoms with van der Waals surface area (Å²) in [6.45, 7) is 7.50. The van der Waals surface area contributed by atoms with Gasteiger partial charge in [0.1, 0.15) is 11.8 Å². The van der Waals surface area contributed by atoms with Crippen molar-refractivity contribution in [2.24, 2.45) is 0 Å². The molecule has 5 heteroatoms. The Hall–Kier alpha value is -2.58. The molecule has 0 amide bonds. The van der Waals surface area contributed by atoms with Gasteiger partial charge in [-0.25, -0.2) is 4.98 Å². The van der Waals surface area contributed by atoms with Crippen LogP contribution < -0.4 is 15.0 Å². The van der Waals surface area contributed by atoms with Crippen molar-refractivity contribution in [3.63, 3.8) is 0 Å². The summed E-state index contributed by atoms with van der Waals surface area (Å²) in [7, 11) is 0. The number of hydrogen-bond acceptors (Lipinski definition) is 5. The topological polar surface area (TPSA) is 61.2 Å². The molecule has 5 nitrogen and oxygen atoms in total. The molecule has 3 rings (SSSR count). The number of para-hydroxylation sites is 1. The van der Waals surface area contributed by atoms with Crippen molar-refractivity contribution in [2.75, 3.05) is 31.1 Å². The van der Waals surface area contributed by atoms with Crippen LogP contribution in [0.4, 0.5) is 5.69 Å². The lowest BCUT2D eigenvalue weighted by molar-refractivity contribution is 0.341. The van der Waals surface area contributed by atoms with Gasteiger partial charge >= 0.3 is 0 Å². The van der Waals surface area contributed by atoms with Crippen molar-refractivity contribution < 1.29 is 4.74 Å². The maximum Gasteiger partial charge on any atom is 0.164 e. The van der Waals surface area contributed by atoms with Crippen LogP contribution in [0.2, 0.25) is 0 Å². The number of hydrogen-bond donors (Lipinski definition) is 1. The third-order valence-electron chi connectivity index (χ3n) is 4.57. The first-order valence-corrected chi connectivity index (χ1v) is 8.89. The molecule has 0 aliphatic carbocycles. The Kier molecular flexibility index (Phi) is 5.52. The molecule has 130 valence electrons. The molecule has 0 saturated carbocycles. The van der Waals surface area contributed by atoms with Crippen LogP contribution in [0.15, 0.2) is 36.4 Å². The van der Waals surface area contributed by atoms with Crippen molar-refractivity contribution in [1.82, 2.24) is 10.3 Å². The van der Waals surface area contributed by atoms with Crippen LogP contribution in [-0.4, -0.2) is 37.3 Å². The molecule has 0 bridgehead atoms. The Morgan fingerprint density at radius 2 is 2.12 bits per heavy atom. The van der Waals surface area contributed by atoms with Crippen LogP contribution in [0.25, 0.3) is 11.3 Å². The SMILES string of the molecule is CCOc1ccccc1-c1ccc(N2CCNCC2CC)c(C#N)n1. The van der Waals surface area contributed by atoms with E-state index in [0.29, 0.717) is 18.3 Å². The maximum atomic E-state index is 9.67. The highest BCUT2D eigenvalue weighted by molar-refractivity contribution is 5.70. The highest BCUT2D eigenvalue weighted by Crippen LogP contribution is 2.31. The summed E-state index contributed by atoms with van der Waals surface area (Å²) in [6, 6.07) is 14.5. The monoisotopic (exact) mass is 336 g/mol. The van der Waals surface area contributed by atoms with Crippen molar-refractivity contribution in [1.29, 1.82) is 5.26 Å². The zero-order chi connectivity index (χ0) is 17.6. The van der Waals surface area contributed by atoms with Gasteiger partial charge in [0, 0.05) is 31.2 Å². The van der Waals surface area contributed by atoms with Crippen molar-refractivity contribution >= 4 is 5.69 Å². The number of aromatic nitrogens is 1. The molecule has 0 spiro atoms. The first-order valence-electron chi connectivity index (χ1n) is 8.89. The number of ether oxygens (including phenoxy) is 1. The van der Waals surface area contributed by atoms with Crippen LogP contribution in [0.3, 0.4) is 0 Å². The molecule has 2 heterocycles. The first kappa shape index (κ1) is 17.2. The lowest BCUT2D eigenvalue weighted by atomic mass is 10.1. The van der Waals surface area contributed by atoms with Gasteiger partial charge in [0.05, 0.1) is 18.0 Å². The predicted octanol–water partition coefficient (Wildman–Crippen LogP) is 3.21. The lowest BCUT2D eigenvalue weighted by Gasteiger charge is -2.37. The van der Waals surface area contributed by atoms with E-state index in [4.69, 9.17) is 4.74 Å². The molecule has 1 unspecified atom stereocenters. The highest BCUT2D eigenvalue weighted by atomic mass is 16.5. The van der Waals surface area contributed by atoms with E-state index >= 15 is 0 Å².